The maximum atomic E-state index is 12.8. The van der Waals surface area contributed by atoms with Gasteiger partial charge >= 0.3 is 0 Å². The van der Waals surface area contributed by atoms with Crippen molar-refractivity contribution in [2.45, 2.75) is 37.9 Å². The first-order chi connectivity index (χ1) is 13.9. The molecule has 1 atom stereocenters. The van der Waals surface area contributed by atoms with Crippen LogP contribution in [0.1, 0.15) is 25.6 Å². The highest BCUT2D eigenvalue weighted by molar-refractivity contribution is 7.99. The van der Waals surface area contributed by atoms with Crippen molar-refractivity contribution in [3.63, 3.8) is 0 Å². The Labute approximate surface area is 179 Å². The van der Waals surface area contributed by atoms with E-state index in [9.17, 15) is 9.59 Å². The number of rotatable bonds is 5. The summed E-state index contributed by atoms with van der Waals surface area (Å²) in [6.07, 6.45) is 2.02. The molecule has 0 N–H and O–H groups in total. The van der Waals surface area contributed by atoms with Crippen molar-refractivity contribution < 1.29 is 9.59 Å². The third kappa shape index (κ3) is 4.43. The molecule has 0 radical (unpaired) electrons. The minimum Gasteiger partial charge on any atom is -0.338 e. The number of carbonyl (C=O) groups excluding carboxylic acids is 2. The second-order valence-electron chi connectivity index (χ2n) is 7.63. The molecule has 1 aliphatic carbocycles. The first-order valence-corrected chi connectivity index (χ1v) is 11.2. The predicted octanol–water partition coefficient (Wildman–Crippen LogP) is 2.79. The Kier molecular flexibility index (Phi) is 5.83. The summed E-state index contributed by atoms with van der Waals surface area (Å²) in [6, 6.07) is 7.53. The largest absolute Gasteiger partial charge is 0.338 e. The van der Waals surface area contributed by atoms with Crippen LogP contribution in [-0.4, -0.2) is 67.8 Å². The van der Waals surface area contributed by atoms with Gasteiger partial charge in [-0.15, -0.1) is 10.2 Å². The second kappa shape index (κ2) is 8.36. The van der Waals surface area contributed by atoms with Crippen molar-refractivity contribution in [1.29, 1.82) is 0 Å². The number of benzene rings is 1. The third-order valence-corrected chi connectivity index (χ3v) is 6.52. The monoisotopic (exact) mass is 433 g/mol. The van der Waals surface area contributed by atoms with Gasteiger partial charge in [0.1, 0.15) is 5.82 Å². The van der Waals surface area contributed by atoms with Crippen molar-refractivity contribution in [2.75, 3.05) is 25.4 Å². The maximum Gasteiger partial charge on any atom is 0.233 e. The molecule has 29 heavy (non-hydrogen) atoms. The zero-order chi connectivity index (χ0) is 20.5. The van der Waals surface area contributed by atoms with Crippen LogP contribution >= 0.6 is 23.4 Å². The van der Waals surface area contributed by atoms with Crippen LogP contribution in [0, 0.1) is 12.8 Å². The van der Waals surface area contributed by atoms with Crippen molar-refractivity contribution in [2.24, 2.45) is 5.92 Å². The SMILES string of the molecule is Cc1nnc(SCC(=O)N2CCN(C(=O)C3CC3)C(C)C2)n1-c1cccc(Cl)c1. The van der Waals surface area contributed by atoms with E-state index in [-0.39, 0.29) is 29.5 Å². The number of nitrogens with zero attached hydrogens (tertiary/aromatic N) is 5. The Morgan fingerprint density at radius 3 is 2.72 bits per heavy atom. The molecular formula is C20H24ClN5O2S. The van der Waals surface area contributed by atoms with E-state index in [2.05, 4.69) is 10.2 Å². The summed E-state index contributed by atoms with van der Waals surface area (Å²) < 4.78 is 1.90. The average molecular weight is 434 g/mol. The highest BCUT2D eigenvalue weighted by Gasteiger charge is 2.37. The zero-order valence-corrected chi connectivity index (χ0v) is 18.1. The number of thioether (sulfide) groups is 1. The van der Waals surface area contributed by atoms with Gasteiger partial charge in [0.15, 0.2) is 5.16 Å². The predicted molar refractivity (Wildman–Crippen MR) is 112 cm³/mol. The van der Waals surface area contributed by atoms with E-state index in [1.165, 1.54) is 11.8 Å². The van der Waals surface area contributed by atoms with Gasteiger partial charge in [-0.25, -0.2) is 0 Å². The molecule has 2 heterocycles. The Morgan fingerprint density at radius 2 is 2.03 bits per heavy atom. The molecule has 4 rings (SSSR count). The molecule has 2 aliphatic rings. The van der Waals surface area contributed by atoms with Crippen molar-refractivity contribution >= 4 is 35.2 Å². The molecule has 0 bridgehead atoms. The molecule has 1 aromatic carbocycles. The van der Waals surface area contributed by atoms with Gasteiger partial charge in [-0.05, 0) is 44.9 Å². The van der Waals surface area contributed by atoms with E-state index in [4.69, 9.17) is 11.6 Å². The number of aryl methyl sites for hydroxylation is 1. The van der Waals surface area contributed by atoms with Crippen LogP contribution in [0.4, 0.5) is 0 Å². The fourth-order valence-corrected chi connectivity index (χ4v) is 4.73. The number of carbonyl (C=O) groups is 2. The van der Waals surface area contributed by atoms with Gasteiger partial charge in [0, 0.05) is 36.6 Å². The fraction of sp³-hybridized carbons (Fsp3) is 0.500. The molecule has 1 aliphatic heterocycles. The lowest BCUT2D eigenvalue weighted by Crippen LogP contribution is -2.56. The van der Waals surface area contributed by atoms with Gasteiger partial charge in [0.05, 0.1) is 11.4 Å². The first-order valence-electron chi connectivity index (χ1n) is 9.83. The van der Waals surface area contributed by atoms with E-state index >= 15 is 0 Å². The summed E-state index contributed by atoms with van der Waals surface area (Å²) in [5.74, 6) is 1.55. The van der Waals surface area contributed by atoms with E-state index < -0.39 is 0 Å². The van der Waals surface area contributed by atoms with Gasteiger partial charge < -0.3 is 9.80 Å². The number of halogens is 1. The van der Waals surface area contributed by atoms with Gasteiger partial charge in [-0.2, -0.15) is 0 Å². The molecule has 1 aromatic heterocycles. The van der Waals surface area contributed by atoms with Crippen LogP contribution in [0.3, 0.4) is 0 Å². The van der Waals surface area contributed by atoms with Gasteiger partial charge in [0.2, 0.25) is 11.8 Å². The van der Waals surface area contributed by atoms with Crippen LogP contribution in [-0.2, 0) is 9.59 Å². The molecule has 2 aromatic rings. The Morgan fingerprint density at radius 1 is 1.24 bits per heavy atom. The minimum absolute atomic E-state index is 0.0543. The summed E-state index contributed by atoms with van der Waals surface area (Å²) in [5.41, 5.74) is 0.871. The molecule has 9 heteroatoms. The number of hydrogen-bond acceptors (Lipinski definition) is 5. The van der Waals surface area contributed by atoms with Gasteiger partial charge in [0.25, 0.3) is 0 Å². The third-order valence-electron chi connectivity index (χ3n) is 5.38. The molecule has 2 fully saturated rings. The Hall–Kier alpha value is -2.06. The molecule has 2 amide bonds. The lowest BCUT2D eigenvalue weighted by molar-refractivity contribution is -0.142. The summed E-state index contributed by atoms with van der Waals surface area (Å²) >= 11 is 7.48. The normalized spacial score (nSPS) is 19.5. The van der Waals surface area contributed by atoms with Gasteiger partial charge in [-0.1, -0.05) is 29.4 Å². The van der Waals surface area contributed by atoms with E-state index in [1.54, 1.807) is 0 Å². The topological polar surface area (TPSA) is 71.3 Å². The summed E-state index contributed by atoms with van der Waals surface area (Å²) in [4.78, 5) is 28.9. The van der Waals surface area contributed by atoms with Gasteiger partial charge in [-0.3, -0.25) is 14.2 Å². The highest BCUT2D eigenvalue weighted by atomic mass is 35.5. The van der Waals surface area contributed by atoms with Crippen LogP contribution in [0.25, 0.3) is 5.69 Å². The first kappa shape index (κ1) is 20.2. The van der Waals surface area contributed by atoms with Crippen LogP contribution in [0.5, 0.6) is 0 Å². The quantitative estimate of drug-likeness (QED) is 0.678. The molecule has 154 valence electrons. The van der Waals surface area contributed by atoms with Crippen molar-refractivity contribution in [1.82, 2.24) is 24.6 Å². The lowest BCUT2D eigenvalue weighted by atomic mass is 10.1. The van der Waals surface area contributed by atoms with Crippen molar-refractivity contribution in [3.05, 3.63) is 35.1 Å². The van der Waals surface area contributed by atoms with E-state index in [1.807, 2.05) is 52.5 Å². The molecule has 7 nitrogen and oxygen atoms in total. The molecule has 1 saturated heterocycles. The molecule has 0 spiro atoms. The smallest absolute Gasteiger partial charge is 0.233 e. The highest BCUT2D eigenvalue weighted by Crippen LogP contribution is 2.32. The van der Waals surface area contributed by atoms with Crippen LogP contribution < -0.4 is 0 Å². The van der Waals surface area contributed by atoms with E-state index in [0.717, 1.165) is 24.4 Å². The van der Waals surface area contributed by atoms with Crippen LogP contribution in [0.15, 0.2) is 29.4 Å². The summed E-state index contributed by atoms with van der Waals surface area (Å²) in [7, 11) is 0. The lowest BCUT2D eigenvalue weighted by Gasteiger charge is -2.40. The van der Waals surface area contributed by atoms with Crippen LogP contribution in [0.2, 0.25) is 5.02 Å². The Balaban J connectivity index is 1.38. The number of amides is 2. The van der Waals surface area contributed by atoms with E-state index in [0.29, 0.717) is 29.8 Å². The summed E-state index contributed by atoms with van der Waals surface area (Å²) in [6.45, 7) is 5.67. The Bertz CT molecular complexity index is 929. The molecule has 1 unspecified atom stereocenters. The second-order valence-corrected chi connectivity index (χ2v) is 9.01. The number of hydrogen-bond donors (Lipinski definition) is 0. The molecule has 1 saturated carbocycles. The average Bonchev–Trinajstić information content (AvgIpc) is 3.48. The zero-order valence-electron chi connectivity index (χ0n) is 16.5. The van der Waals surface area contributed by atoms with Crippen molar-refractivity contribution in [3.8, 4) is 5.69 Å². The standard InChI is InChI=1S/C20H24ClN5O2S/c1-13-11-24(8-9-25(13)19(28)15-6-7-15)18(27)12-29-20-23-22-14(2)26(20)17-5-3-4-16(21)10-17/h3-5,10,13,15H,6-9,11-12H2,1-2H3. The number of aromatic nitrogens is 3. The maximum absolute atomic E-state index is 12.8. The minimum atomic E-state index is 0.0543. The fourth-order valence-electron chi connectivity index (χ4n) is 3.64. The number of piperazine rings is 1. The summed E-state index contributed by atoms with van der Waals surface area (Å²) in [5, 5.41) is 9.68. The molecular weight excluding hydrogens is 410 g/mol.